The Bertz CT molecular complexity index is 1460. The predicted molar refractivity (Wildman–Crippen MR) is 149 cm³/mol. The van der Waals surface area contributed by atoms with E-state index in [1.165, 1.54) is 31.4 Å². The second-order valence-electron chi connectivity index (χ2n) is 9.78. The summed E-state index contributed by atoms with van der Waals surface area (Å²) in [5.74, 6) is -0.750. The number of nitrogens with zero attached hydrogens (tertiary/aromatic N) is 1. The third kappa shape index (κ3) is 7.02. The van der Waals surface area contributed by atoms with Gasteiger partial charge in [-0.15, -0.1) is 0 Å². The third-order valence-corrected chi connectivity index (χ3v) is 6.89. The minimum Gasteiger partial charge on any atom is -0.493 e. The Hall–Kier alpha value is -4.86. The lowest BCUT2D eigenvalue weighted by Crippen LogP contribution is -2.58. The van der Waals surface area contributed by atoms with Gasteiger partial charge in [-0.2, -0.15) is 0 Å². The number of piperidine rings is 1. The number of carbonyl (C=O) groups is 3. The first-order chi connectivity index (χ1) is 19.9. The number of halogens is 1. The maximum Gasteiger partial charge on any atom is 0.258 e. The van der Waals surface area contributed by atoms with Gasteiger partial charge in [-0.1, -0.05) is 30.3 Å². The molecule has 2 N–H and O–H groups in total. The van der Waals surface area contributed by atoms with Crippen LogP contribution in [0.5, 0.6) is 17.2 Å². The van der Waals surface area contributed by atoms with Gasteiger partial charge in [-0.25, -0.2) is 4.39 Å². The summed E-state index contributed by atoms with van der Waals surface area (Å²) < 4.78 is 31.6. The molecule has 5 rings (SSSR count). The summed E-state index contributed by atoms with van der Waals surface area (Å²) in [6.45, 7) is 0.298. The molecule has 0 saturated carbocycles. The lowest BCUT2D eigenvalue weighted by Gasteiger charge is -2.38. The van der Waals surface area contributed by atoms with Gasteiger partial charge in [0, 0.05) is 43.8 Å². The molecule has 2 heterocycles. The van der Waals surface area contributed by atoms with Crippen molar-refractivity contribution >= 4 is 23.8 Å². The van der Waals surface area contributed by atoms with Crippen LogP contribution in [0, 0.1) is 5.82 Å². The van der Waals surface area contributed by atoms with Crippen molar-refractivity contribution in [1.82, 2.24) is 15.5 Å². The Morgan fingerprint density at radius 2 is 1.93 bits per heavy atom. The molecule has 1 fully saturated rings. The van der Waals surface area contributed by atoms with Crippen LogP contribution in [0.25, 0.3) is 6.08 Å². The molecule has 9 nitrogen and oxygen atoms in total. The fourth-order valence-electron chi connectivity index (χ4n) is 4.79. The SMILES string of the molecule is COc1ccc2cc1OCC(=O)NCc1cc(F)cc(c1)O[C@@H]1CCN(C(=O)C=Cc3ccccc3)C[C@@H]1NC2=O. The first-order valence-corrected chi connectivity index (χ1v) is 13.2. The van der Waals surface area contributed by atoms with Gasteiger partial charge in [0.05, 0.1) is 13.2 Å². The van der Waals surface area contributed by atoms with Crippen molar-refractivity contribution in [3.8, 4) is 17.2 Å². The molecular formula is C31H30FN3O6. The van der Waals surface area contributed by atoms with Crippen LogP contribution in [-0.2, 0) is 16.1 Å². The molecule has 41 heavy (non-hydrogen) atoms. The summed E-state index contributed by atoms with van der Waals surface area (Å²) in [6, 6.07) is 17.7. The molecule has 1 saturated heterocycles. The number of fused-ring (bicyclic) bond motifs is 5. The molecule has 0 aromatic heterocycles. The van der Waals surface area contributed by atoms with Crippen molar-refractivity contribution in [1.29, 1.82) is 0 Å². The fraction of sp³-hybridized carbons (Fsp3) is 0.258. The standard InChI is InChI=1S/C31H30FN3O6/c1-39-27-9-8-22-15-28(27)40-19-29(36)33-17-21-13-23(32)16-24(14-21)41-26-11-12-35(18-25(26)34-31(22)38)30(37)10-7-20-5-3-2-4-6-20/h2-10,13-16,25-26H,11-12,17-19H2,1H3,(H,33,36)(H,34,38)/t25-,26+/m0/s1. The lowest BCUT2D eigenvalue weighted by molar-refractivity contribution is -0.128. The highest BCUT2D eigenvalue weighted by molar-refractivity contribution is 5.95. The number of benzene rings is 3. The van der Waals surface area contributed by atoms with Crippen LogP contribution >= 0.6 is 0 Å². The second-order valence-corrected chi connectivity index (χ2v) is 9.78. The smallest absolute Gasteiger partial charge is 0.258 e. The quantitative estimate of drug-likeness (QED) is 0.477. The second kappa shape index (κ2) is 12.5. The van der Waals surface area contributed by atoms with Gasteiger partial charge in [0.2, 0.25) is 5.91 Å². The third-order valence-electron chi connectivity index (χ3n) is 6.89. The van der Waals surface area contributed by atoms with Gasteiger partial charge in [-0.05, 0) is 47.5 Å². The number of hydrogen-bond donors (Lipinski definition) is 2. The van der Waals surface area contributed by atoms with Crippen molar-refractivity contribution in [2.45, 2.75) is 25.1 Å². The Morgan fingerprint density at radius 3 is 2.73 bits per heavy atom. The summed E-state index contributed by atoms with van der Waals surface area (Å²) >= 11 is 0. The van der Waals surface area contributed by atoms with Crippen LogP contribution in [0.1, 0.15) is 27.9 Å². The van der Waals surface area contributed by atoms with E-state index < -0.39 is 29.8 Å². The first-order valence-electron chi connectivity index (χ1n) is 13.2. The summed E-state index contributed by atoms with van der Waals surface area (Å²) in [5, 5.41) is 5.68. The molecule has 0 radical (unpaired) electrons. The number of nitrogens with one attached hydrogen (secondary N) is 2. The number of ether oxygens (including phenoxy) is 3. The number of likely N-dealkylation sites (tertiary alicyclic amines) is 1. The van der Waals surface area contributed by atoms with Crippen molar-refractivity contribution in [3.63, 3.8) is 0 Å². The highest BCUT2D eigenvalue weighted by Gasteiger charge is 2.34. The average Bonchev–Trinajstić information content (AvgIpc) is 2.98. The monoisotopic (exact) mass is 559 g/mol. The first kappa shape index (κ1) is 27.7. The van der Waals surface area contributed by atoms with E-state index in [2.05, 4.69) is 10.6 Å². The van der Waals surface area contributed by atoms with Gasteiger partial charge >= 0.3 is 0 Å². The van der Waals surface area contributed by atoms with E-state index in [9.17, 15) is 18.8 Å². The van der Waals surface area contributed by atoms with E-state index in [0.29, 0.717) is 24.3 Å². The van der Waals surface area contributed by atoms with E-state index >= 15 is 0 Å². The zero-order chi connectivity index (χ0) is 28.8. The fourth-order valence-corrected chi connectivity index (χ4v) is 4.79. The van der Waals surface area contributed by atoms with E-state index in [-0.39, 0.29) is 42.7 Å². The number of amides is 3. The van der Waals surface area contributed by atoms with Crippen molar-refractivity contribution in [3.05, 3.63) is 95.3 Å². The van der Waals surface area contributed by atoms with E-state index in [0.717, 1.165) is 5.56 Å². The number of rotatable bonds is 3. The molecule has 3 aromatic rings. The minimum atomic E-state index is -0.601. The Morgan fingerprint density at radius 1 is 1.10 bits per heavy atom. The average molecular weight is 560 g/mol. The zero-order valence-corrected chi connectivity index (χ0v) is 22.5. The largest absolute Gasteiger partial charge is 0.493 e. The summed E-state index contributed by atoms with van der Waals surface area (Å²) in [5.41, 5.74) is 1.67. The Balaban J connectivity index is 1.43. The molecular weight excluding hydrogens is 529 g/mol. The molecule has 3 amide bonds. The zero-order valence-electron chi connectivity index (χ0n) is 22.5. The molecule has 4 bridgehead atoms. The van der Waals surface area contributed by atoms with Crippen molar-refractivity contribution in [2.24, 2.45) is 0 Å². The van der Waals surface area contributed by atoms with Crippen LogP contribution in [0.2, 0.25) is 0 Å². The maximum absolute atomic E-state index is 14.5. The lowest BCUT2D eigenvalue weighted by atomic mass is 10.0. The van der Waals surface area contributed by atoms with E-state index in [1.807, 2.05) is 30.3 Å². The molecule has 0 spiro atoms. The van der Waals surface area contributed by atoms with Crippen LogP contribution in [0.3, 0.4) is 0 Å². The van der Waals surface area contributed by atoms with Crippen LogP contribution in [-0.4, -0.2) is 61.6 Å². The van der Waals surface area contributed by atoms with Crippen molar-refractivity contribution in [2.75, 3.05) is 26.8 Å². The number of methoxy groups -OCH3 is 1. The Kier molecular flexibility index (Phi) is 8.47. The Labute approximate surface area is 236 Å². The van der Waals surface area contributed by atoms with Crippen LogP contribution < -0.4 is 24.8 Å². The van der Waals surface area contributed by atoms with Gasteiger partial charge < -0.3 is 29.7 Å². The predicted octanol–water partition coefficient (Wildman–Crippen LogP) is 3.33. The molecule has 2 aliphatic heterocycles. The number of carbonyl (C=O) groups excluding carboxylic acids is 3. The highest BCUT2D eigenvalue weighted by Crippen LogP contribution is 2.29. The van der Waals surface area contributed by atoms with Crippen LogP contribution in [0.4, 0.5) is 4.39 Å². The minimum absolute atomic E-state index is 0.0638. The molecule has 0 aliphatic carbocycles. The normalized spacial score (nSPS) is 19.3. The van der Waals surface area contributed by atoms with Crippen molar-refractivity contribution < 1.29 is 33.0 Å². The molecule has 10 heteroatoms. The number of hydrogen-bond acceptors (Lipinski definition) is 6. The van der Waals surface area contributed by atoms with E-state index in [4.69, 9.17) is 14.2 Å². The molecule has 2 aliphatic rings. The topological polar surface area (TPSA) is 106 Å². The van der Waals surface area contributed by atoms with Gasteiger partial charge in [0.1, 0.15) is 17.7 Å². The summed E-state index contributed by atoms with van der Waals surface area (Å²) in [4.78, 5) is 40.5. The van der Waals surface area contributed by atoms with Gasteiger partial charge in [0.15, 0.2) is 18.1 Å². The van der Waals surface area contributed by atoms with Gasteiger partial charge in [-0.3, -0.25) is 14.4 Å². The van der Waals surface area contributed by atoms with E-state index in [1.54, 1.807) is 29.2 Å². The molecule has 0 unspecified atom stereocenters. The summed E-state index contributed by atoms with van der Waals surface area (Å²) in [6.07, 6.45) is 3.10. The van der Waals surface area contributed by atoms with Gasteiger partial charge in [0.25, 0.3) is 11.8 Å². The molecule has 2 atom stereocenters. The highest BCUT2D eigenvalue weighted by atomic mass is 19.1. The molecule has 212 valence electrons. The summed E-state index contributed by atoms with van der Waals surface area (Å²) in [7, 11) is 1.46. The molecule has 3 aromatic carbocycles. The maximum atomic E-state index is 14.5. The van der Waals surface area contributed by atoms with Crippen LogP contribution in [0.15, 0.2) is 72.8 Å².